The molecule has 2 fully saturated rings. The zero-order valence-corrected chi connectivity index (χ0v) is 11.3. The Morgan fingerprint density at radius 3 is 2.47 bits per heavy atom. The fraction of sp³-hybridized carbons (Fsp3) is 1.00. The summed E-state index contributed by atoms with van der Waals surface area (Å²) in [5.74, 6) is 0. The lowest BCUT2D eigenvalue weighted by atomic mass is 9.73. The predicted molar refractivity (Wildman–Crippen MR) is 69.5 cm³/mol. The molecule has 0 amide bonds. The Kier molecular flexibility index (Phi) is 3.37. The summed E-state index contributed by atoms with van der Waals surface area (Å²) in [5, 5.41) is 3.84. The average Bonchev–Trinajstić information content (AvgIpc) is 2.96. The van der Waals surface area contributed by atoms with E-state index in [1.165, 1.54) is 45.1 Å². The van der Waals surface area contributed by atoms with Gasteiger partial charge in [0.25, 0.3) is 0 Å². The summed E-state index contributed by atoms with van der Waals surface area (Å²) < 4.78 is 0.619. The maximum Gasteiger partial charge on any atom is 0.0282 e. The Morgan fingerprint density at radius 2 is 1.93 bits per heavy atom. The highest BCUT2D eigenvalue weighted by atomic mass is 32.2. The summed E-state index contributed by atoms with van der Waals surface area (Å²) in [7, 11) is 0. The second-order valence-electron chi connectivity index (χ2n) is 6.05. The molecule has 0 aromatic heterocycles. The van der Waals surface area contributed by atoms with Crippen LogP contribution in [0.4, 0.5) is 0 Å². The third-order valence-electron chi connectivity index (χ3n) is 4.42. The molecule has 15 heavy (non-hydrogen) atoms. The lowest BCUT2D eigenvalue weighted by Gasteiger charge is -2.40. The van der Waals surface area contributed by atoms with Crippen LogP contribution in [-0.4, -0.2) is 23.6 Å². The molecular formula is C13H25NS. The third kappa shape index (κ3) is 2.71. The lowest BCUT2D eigenvalue weighted by Crippen LogP contribution is -2.46. The monoisotopic (exact) mass is 227 g/mol. The second kappa shape index (κ2) is 4.29. The number of thioether (sulfide) groups is 1. The van der Waals surface area contributed by atoms with Gasteiger partial charge in [0.05, 0.1) is 0 Å². The van der Waals surface area contributed by atoms with Crippen LogP contribution in [-0.2, 0) is 0 Å². The minimum Gasteiger partial charge on any atom is -0.312 e. The molecule has 0 aromatic carbocycles. The third-order valence-corrected chi connectivity index (χ3v) is 5.84. The van der Waals surface area contributed by atoms with Gasteiger partial charge in [0.15, 0.2) is 0 Å². The molecule has 0 aliphatic heterocycles. The Morgan fingerprint density at radius 1 is 1.20 bits per heavy atom. The van der Waals surface area contributed by atoms with Crippen molar-refractivity contribution < 1.29 is 0 Å². The standard InChI is InChI=1S/C13H25NS/c1-12(2)7-5-4-6-11(12)14-10-13(15-3)8-9-13/h11,14H,4-10H2,1-3H3. The maximum atomic E-state index is 3.84. The summed E-state index contributed by atoms with van der Waals surface area (Å²) in [6, 6.07) is 0.760. The minimum absolute atomic E-state index is 0.521. The van der Waals surface area contributed by atoms with Crippen LogP contribution in [0.5, 0.6) is 0 Å². The van der Waals surface area contributed by atoms with Crippen molar-refractivity contribution in [1.82, 2.24) is 5.32 Å². The maximum absolute atomic E-state index is 3.84. The van der Waals surface area contributed by atoms with Crippen molar-refractivity contribution in [3.63, 3.8) is 0 Å². The molecule has 0 aromatic rings. The summed E-state index contributed by atoms with van der Waals surface area (Å²) in [4.78, 5) is 0. The quantitative estimate of drug-likeness (QED) is 0.789. The largest absolute Gasteiger partial charge is 0.312 e. The number of hydrogen-bond donors (Lipinski definition) is 1. The molecule has 2 saturated carbocycles. The van der Waals surface area contributed by atoms with E-state index >= 15 is 0 Å². The first-order valence-corrected chi connectivity index (χ1v) is 7.59. The number of nitrogens with one attached hydrogen (secondary N) is 1. The smallest absolute Gasteiger partial charge is 0.0282 e. The van der Waals surface area contributed by atoms with E-state index in [1.54, 1.807) is 0 Å². The van der Waals surface area contributed by atoms with Gasteiger partial charge >= 0.3 is 0 Å². The molecule has 2 rings (SSSR count). The molecule has 1 nitrogen and oxygen atoms in total. The molecule has 1 unspecified atom stereocenters. The van der Waals surface area contributed by atoms with E-state index in [1.807, 2.05) is 0 Å². The second-order valence-corrected chi connectivity index (χ2v) is 7.33. The number of rotatable bonds is 4. The van der Waals surface area contributed by atoms with E-state index in [0.717, 1.165) is 6.04 Å². The topological polar surface area (TPSA) is 12.0 Å². The van der Waals surface area contributed by atoms with Gasteiger partial charge in [0.1, 0.15) is 0 Å². The summed E-state index contributed by atoms with van der Waals surface area (Å²) in [6.07, 6.45) is 10.8. The molecule has 2 heteroatoms. The van der Waals surface area contributed by atoms with Crippen LogP contribution >= 0.6 is 11.8 Å². The summed E-state index contributed by atoms with van der Waals surface area (Å²) >= 11 is 2.06. The molecule has 0 heterocycles. The van der Waals surface area contributed by atoms with Crippen molar-refractivity contribution in [3.05, 3.63) is 0 Å². The lowest BCUT2D eigenvalue weighted by molar-refractivity contribution is 0.168. The predicted octanol–water partition coefficient (Wildman–Crippen LogP) is 3.44. The highest BCUT2D eigenvalue weighted by molar-refractivity contribution is 8.00. The fourth-order valence-corrected chi connectivity index (χ4v) is 3.51. The molecule has 2 aliphatic carbocycles. The van der Waals surface area contributed by atoms with Crippen LogP contribution in [0.25, 0.3) is 0 Å². The molecular weight excluding hydrogens is 202 g/mol. The number of hydrogen-bond acceptors (Lipinski definition) is 2. The van der Waals surface area contributed by atoms with Gasteiger partial charge in [-0.2, -0.15) is 11.8 Å². The average molecular weight is 227 g/mol. The van der Waals surface area contributed by atoms with Gasteiger partial charge in [-0.1, -0.05) is 26.7 Å². The Labute approximate surface area is 98.8 Å². The van der Waals surface area contributed by atoms with Gasteiger partial charge in [-0.3, -0.25) is 0 Å². The van der Waals surface area contributed by atoms with E-state index in [9.17, 15) is 0 Å². The fourth-order valence-electron chi connectivity index (χ4n) is 2.77. The zero-order valence-electron chi connectivity index (χ0n) is 10.4. The van der Waals surface area contributed by atoms with E-state index < -0.39 is 0 Å². The molecule has 88 valence electrons. The summed E-state index contributed by atoms with van der Waals surface area (Å²) in [6.45, 7) is 6.10. The van der Waals surface area contributed by atoms with Crippen LogP contribution < -0.4 is 5.32 Å². The first kappa shape index (κ1) is 11.8. The molecule has 0 bridgehead atoms. The molecule has 1 atom stereocenters. The van der Waals surface area contributed by atoms with E-state index in [0.29, 0.717) is 10.2 Å². The van der Waals surface area contributed by atoms with Crippen molar-refractivity contribution in [1.29, 1.82) is 0 Å². The van der Waals surface area contributed by atoms with Crippen LogP contribution in [0.2, 0.25) is 0 Å². The Hall–Kier alpha value is 0.310. The highest BCUT2D eigenvalue weighted by Crippen LogP contribution is 2.47. The van der Waals surface area contributed by atoms with E-state index in [-0.39, 0.29) is 0 Å². The van der Waals surface area contributed by atoms with Crippen molar-refractivity contribution in [3.8, 4) is 0 Å². The van der Waals surface area contributed by atoms with Gasteiger partial charge in [0.2, 0.25) is 0 Å². The first-order chi connectivity index (χ1) is 7.08. The van der Waals surface area contributed by atoms with Crippen molar-refractivity contribution >= 4 is 11.8 Å². The molecule has 0 saturated heterocycles. The highest BCUT2D eigenvalue weighted by Gasteiger charge is 2.43. The normalized spacial score (nSPS) is 32.6. The molecule has 2 aliphatic rings. The summed E-state index contributed by atoms with van der Waals surface area (Å²) in [5.41, 5.74) is 0.521. The Balaban J connectivity index is 1.82. The van der Waals surface area contributed by atoms with Gasteiger partial charge < -0.3 is 5.32 Å². The van der Waals surface area contributed by atoms with Gasteiger partial charge in [-0.15, -0.1) is 0 Å². The van der Waals surface area contributed by atoms with Crippen LogP contribution in [0.3, 0.4) is 0 Å². The van der Waals surface area contributed by atoms with Crippen molar-refractivity contribution in [2.75, 3.05) is 12.8 Å². The first-order valence-electron chi connectivity index (χ1n) is 6.37. The van der Waals surface area contributed by atoms with Gasteiger partial charge in [0, 0.05) is 17.3 Å². The minimum atomic E-state index is 0.521. The van der Waals surface area contributed by atoms with E-state index in [4.69, 9.17) is 0 Å². The molecule has 0 radical (unpaired) electrons. The van der Waals surface area contributed by atoms with Crippen molar-refractivity contribution in [2.24, 2.45) is 5.41 Å². The molecule has 0 spiro atoms. The van der Waals surface area contributed by atoms with Crippen LogP contribution in [0.1, 0.15) is 52.4 Å². The van der Waals surface area contributed by atoms with Crippen LogP contribution in [0, 0.1) is 5.41 Å². The van der Waals surface area contributed by atoms with Gasteiger partial charge in [-0.05, 0) is 37.4 Å². The van der Waals surface area contributed by atoms with Crippen LogP contribution in [0.15, 0.2) is 0 Å². The SMILES string of the molecule is CSC1(CNC2CCCCC2(C)C)CC1. The Bertz CT molecular complexity index is 221. The zero-order chi connectivity index (χ0) is 10.9. The van der Waals surface area contributed by atoms with Gasteiger partial charge in [-0.25, -0.2) is 0 Å². The van der Waals surface area contributed by atoms with E-state index in [2.05, 4.69) is 37.2 Å². The van der Waals surface area contributed by atoms with Crippen molar-refractivity contribution in [2.45, 2.75) is 63.2 Å². The molecule has 1 N–H and O–H groups in total.